The highest BCUT2D eigenvalue weighted by atomic mass is 32.2. The summed E-state index contributed by atoms with van der Waals surface area (Å²) in [7, 11) is -4.02. The molecular weight excluding hydrogens is 432 g/mol. The van der Waals surface area contributed by atoms with Crippen LogP contribution < -0.4 is 0 Å². The van der Waals surface area contributed by atoms with Gasteiger partial charge in [-0.15, -0.1) is 0 Å². The van der Waals surface area contributed by atoms with Gasteiger partial charge in [0.25, 0.3) is 10.1 Å². The normalized spacial score (nSPS) is 11.4. The summed E-state index contributed by atoms with van der Waals surface area (Å²) in [6.45, 7) is 1.98. The Morgan fingerprint density at radius 3 is 1.30 bits per heavy atom. The minimum Gasteiger partial charge on any atom is -0.396 e. The number of aryl methyl sites for hydroxylation is 1. The van der Waals surface area contributed by atoms with Crippen LogP contribution in [-0.2, 0) is 15.5 Å². The van der Waals surface area contributed by atoms with Crippen molar-refractivity contribution in [2.45, 2.75) is 23.7 Å². The summed E-state index contributed by atoms with van der Waals surface area (Å²) in [5.74, 6) is 0. The minimum atomic E-state index is -4.02. The van der Waals surface area contributed by atoms with Crippen LogP contribution in [0.1, 0.15) is 28.7 Å². The fourth-order valence-electron chi connectivity index (χ4n) is 3.98. The standard InChI is InChI=1S/C21H20O.C7H8O3S/c22-17-16-21(18-10-4-1-5-11-18,19-12-6-2-7-13-19)20-14-8-3-9-15-20;1-6-2-4-7(5-3-6)11(8,9)10/h1-15,22H,16-17H2;2-5H,1H3,(H,8,9,10). The largest absolute Gasteiger partial charge is 0.396 e. The quantitative estimate of drug-likeness (QED) is 0.288. The lowest BCUT2D eigenvalue weighted by molar-refractivity contribution is 0.265. The van der Waals surface area contributed by atoms with E-state index in [4.69, 9.17) is 4.55 Å². The first-order valence-electron chi connectivity index (χ1n) is 10.7. The summed E-state index contributed by atoms with van der Waals surface area (Å²) in [5, 5.41) is 9.79. The van der Waals surface area contributed by atoms with Crippen molar-refractivity contribution in [3.05, 3.63) is 138 Å². The summed E-state index contributed by atoms with van der Waals surface area (Å²) in [6, 6.07) is 37.3. The van der Waals surface area contributed by atoms with E-state index in [-0.39, 0.29) is 16.9 Å². The lowest BCUT2D eigenvalue weighted by Crippen LogP contribution is -2.30. The molecule has 4 aromatic rings. The van der Waals surface area contributed by atoms with Crippen LogP contribution in [0.5, 0.6) is 0 Å². The molecule has 0 bridgehead atoms. The molecule has 0 amide bonds. The zero-order chi connectivity index (χ0) is 23.7. The number of hydrogen-bond donors (Lipinski definition) is 2. The van der Waals surface area contributed by atoms with Gasteiger partial charge in [0.05, 0.1) is 4.90 Å². The maximum atomic E-state index is 10.5. The second-order valence-corrected chi connectivity index (χ2v) is 9.19. The lowest BCUT2D eigenvalue weighted by Gasteiger charge is -2.35. The fraction of sp³-hybridized carbons (Fsp3) is 0.143. The van der Waals surface area contributed by atoms with E-state index >= 15 is 0 Å². The zero-order valence-electron chi connectivity index (χ0n) is 18.5. The van der Waals surface area contributed by atoms with Gasteiger partial charge in [0.1, 0.15) is 0 Å². The third-order valence-corrected chi connectivity index (χ3v) is 6.47. The third kappa shape index (κ3) is 5.96. The lowest BCUT2D eigenvalue weighted by atomic mass is 9.67. The van der Waals surface area contributed by atoms with Crippen LogP contribution in [0.25, 0.3) is 0 Å². The van der Waals surface area contributed by atoms with Crippen LogP contribution in [0, 0.1) is 6.92 Å². The van der Waals surface area contributed by atoms with Crippen LogP contribution in [0.4, 0.5) is 0 Å². The van der Waals surface area contributed by atoms with Gasteiger partial charge in [-0.3, -0.25) is 4.55 Å². The second kappa shape index (κ2) is 11.1. The zero-order valence-corrected chi connectivity index (χ0v) is 19.3. The average Bonchev–Trinajstić information content (AvgIpc) is 2.84. The van der Waals surface area contributed by atoms with Gasteiger partial charge in [-0.2, -0.15) is 8.42 Å². The number of aliphatic hydroxyl groups is 1. The molecule has 0 aliphatic heterocycles. The van der Waals surface area contributed by atoms with Crippen molar-refractivity contribution in [3.63, 3.8) is 0 Å². The molecule has 5 heteroatoms. The predicted octanol–water partition coefficient (Wildman–Crippen LogP) is 5.65. The van der Waals surface area contributed by atoms with Crippen molar-refractivity contribution in [2.24, 2.45) is 0 Å². The maximum absolute atomic E-state index is 10.5. The molecule has 2 N–H and O–H groups in total. The Morgan fingerprint density at radius 2 is 1.00 bits per heavy atom. The number of rotatable bonds is 6. The fourth-order valence-corrected chi connectivity index (χ4v) is 4.46. The second-order valence-electron chi connectivity index (χ2n) is 7.77. The van der Waals surface area contributed by atoms with Crippen molar-refractivity contribution < 1.29 is 18.1 Å². The van der Waals surface area contributed by atoms with Crippen LogP contribution in [-0.4, -0.2) is 24.7 Å². The summed E-state index contributed by atoms with van der Waals surface area (Å²) in [5.41, 5.74) is 4.26. The van der Waals surface area contributed by atoms with Gasteiger partial charge in [0, 0.05) is 12.0 Å². The molecule has 4 rings (SSSR count). The highest BCUT2D eigenvalue weighted by Crippen LogP contribution is 2.41. The van der Waals surface area contributed by atoms with Crippen molar-refractivity contribution >= 4 is 10.1 Å². The molecule has 0 fully saturated rings. The summed E-state index contributed by atoms with van der Waals surface area (Å²) >= 11 is 0. The van der Waals surface area contributed by atoms with Gasteiger partial charge in [-0.1, -0.05) is 109 Å². The first-order valence-corrected chi connectivity index (χ1v) is 12.1. The SMILES string of the molecule is Cc1ccc(S(=O)(=O)O)cc1.OCCC(c1ccccc1)(c1ccccc1)c1ccccc1. The van der Waals surface area contributed by atoms with Gasteiger partial charge < -0.3 is 5.11 Å². The highest BCUT2D eigenvalue weighted by molar-refractivity contribution is 7.85. The Balaban J connectivity index is 0.000000235. The Morgan fingerprint density at radius 1 is 0.636 bits per heavy atom. The van der Waals surface area contributed by atoms with E-state index in [0.717, 1.165) is 5.56 Å². The van der Waals surface area contributed by atoms with Crippen molar-refractivity contribution in [2.75, 3.05) is 6.61 Å². The van der Waals surface area contributed by atoms with Crippen LogP contribution in [0.3, 0.4) is 0 Å². The topological polar surface area (TPSA) is 74.6 Å². The Bertz CT molecular complexity index is 1120. The van der Waals surface area contributed by atoms with E-state index in [2.05, 4.69) is 72.8 Å². The van der Waals surface area contributed by atoms with E-state index < -0.39 is 10.1 Å². The molecule has 0 saturated heterocycles. The summed E-state index contributed by atoms with van der Waals surface area (Å²) in [4.78, 5) is -0.0666. The summed E-state index contributed by atoms with van der Waals surface area (Å²) < 4.78 is 29.6. The molecule has 33 heavy (non-hydrogen) atoms. The molecule has 0 atom stereocenters. The van der Waals surface area contributed by atoms with Gasteiger partial charge in [0.15, 0.2) is 0 Å². The third-order valence-electron chi connectivity index (χ3n) is 5.61. The van der Waals surface area contributed by atoms with Crippen LogP contribution >= 0.6 is 0 Å². The molecule has 0 radical (unpaired) electrons. The van der Waals surface area contributed by atoms with E-state index in [0.29, 0.717) is 6.42 Å². The van der Waals surface area contributed by atoms with Gasteiger partial charge in [-0.05, 0) is 42.2 Å². The minimum absolute atomic E-state index is 0.0666. The van der Waals surface area contributed by atoms with Crippen molar-refractivity contribution in [1.29, 1.82) is 0 Å². The molecule has 0 unspecified atom stereocenters. The molecule has 0 aliphatic carbocycles. The van der Waals surface area contributed by atoms with Gasteiger partial charge in [0.2, 0.25) is 0 Å². The van der Waals surface area contributed by atoms with E-state index in [1.807, 2.05) is 25.1 Å². The molecule has 0 saturated carbocycles. The first kappa shape index (κ1) is 24.4. The monoisotopic (exact) mass is 460 g/mol. The molecule has 0 aromatic heterocycles. The Labute approximate surface area is 195 Å². The smallest absolute Gasteiger partial charge is 0.294 e. The molecule has 170 valence electrons. The molecule has 0 spiro atoms. The van der Waals surface area contributed by atoms with E-state index in [1.165, 1.54) is 28.8 Å². The molecule has 0 aliphatic rings. The predicted molar refractivity (Wildman–Crippen MR) is 132 cm³/mol. The van der Waals surface area contributed by atoms with Crippen molar-refractivity contribution in [1.82, 2.24) is 0 Å². The van der Waals surface area contributed by atoms with Gasteiger partial charge >= 0.3 is 0 Å². The molecular formula is C28H28O4S. The number of benzene rings is 4. The highest BCUT2D eigenvalue weighted by Gasteiger charge is 2.35. The number of hydrogen-bond acceptors (Lipinski definition) is 3. The number of aliphatic hydroxyl groups excluding tert-OH is 1. The molecule has 4 nitrogen and oxygen atoms in total. The van der Waals surface area contributed by atoms with Gasteiger partial charge in [-0.25, -0.2) is 0 Å². The van der Waals surface area contributed by atoms with E-state index in [1.54, 1.807) is 12.1 Å². The molecule has 4 aromatic carbocycles. The first-order chi connectivity index (χ1) is 15.9. The average molecular weight is 461 g/mol. The van der Waals surface area contributed by atoms with Crippen LogP contribution in [0.2, 0.25) is 0 Å². The Kier molecular flexibility index (Phi) is 8.17. The van der Waals surface area contributed by atoms with Crippen LogP contribution in [0.15, 0.2) is 120 Å². The maximum Gasteiger partial charge on any atom is 0.294 e. The summed E-state index contributed by atoms with van der Waals surface area (Å²) in [6.07, 6.45) is 0.658. The Hall–Kier alpha value is -3.25. The van der Waals surface area contributed by atoms with E-state index in [9.17, 15) is 13.5 Å². The van der Waals surface area contributed by atoms with Crippen molar-refractivity contribution in [3.8, 4) is 0 Å². The molecule has 0 heterocycles.